The van der Waals surface area contributed by atoms with Crippen LogP contribution in [0, 0.1) is 6.92 Å². The monoisotopic (exact) mass is 524 g/mol. The van der Waals surface area contributed by atoms with Crippen LogP contribution >= 0.6 is 23.4 Å². The van der Waals surface area contributed by atoms with E-state index in [0.29, 0.717) is 29.5 Å². The number of pyridine rings is 2. The number of aliphatic hydroxyl groups excluding tert-OH is 1. The molecule has 1 unspecified atom stereocenters. The van der Waals surface area contributed by atoms with Crippen molar-refractivity contribution >= 4 is 40.8 Å². The molecule has 0 aliphatic carbocycles. The molecule has 0 amide bonds. The summed E-state index contributed by atoms with van der Waals surface area (Å²) >= 11 is 7.84. The van der Waals surface area contributed by atoms with Crippen molar-refractivity contribution in [2.75, 3.05) is 23.7 Å². The van der Waals surface area contributed by atoms with Crippen LogP contribution in [-0.2, 0) is 6.61 Å². The first-order chi connectivity index (χ1) is 17.4. The van der Waals surface area contributed by atoms with Gasteiger partial charge in [-0.1, -0.05) is 23.4 Å². The molecule has 12 heteroatoms. The van der Waals surface area contributed by atoms with Gasteiger partial charge in [-0.15, -0.1) is 0 Å². The van der Waals surface area contributed by atoms with Gasteiger partial charge in [0.1, 0.15) is 17.2 Å². The van der Waals surface area contributed by atoms with Gasteiger partial charge in [0.2, 0.25) is 5.95 Å². The highest BCUT2D eigenvalue weighted by atomic mass is 35.5. The first-order valence-electron chi connectivity index (χ1n) is 11.6. The molecule has 6 rings (SSSR count). The topological polar surface area (TPSA) is 141 Å². The third-order valence-electron chi connectivity index (χ3n) is 7.01. The second-order valence-electron chi connectivity index (χ2n) is 9.05. The summed E-state index contributed by atoms with van der Waals surface area (Å²) in [6.45, 7) is 3.17. The summed E-state index contributed by atoms with van der Waals surface area (Å²) < 4.78 is 8.27. The third-order valence-corrected chi connectivity index (χ3v) is 8.76. The zero-order valence-corrected chi connectivity index (χ0v) is 21.1. The fraction of sp³-hybridized carbons (Fsp3) is 0.333. The predicted molar refractivity (Wildman–Crippen MR) is 137 cm³/mol. The highest BCUT2D eigenvalue weighted by Crippen LogP contribution is 2.47. The molecule has 5 N–H and O–H groups in total. The van der Waals surface area contributed by atoms with Crippen molar-refractivity contribution in [3.63, 3.8) is 0 Å². The molecule has 1 saturated heterocycles. The SMILES string of the molecule is Cc1nc(N2CCC3(CC2)Oc2cnccc2C3N)n2c(CO)cnc2c1Sc1ccnc(N)c1Cl. The van der Waals surface area contributed by atoms with Crippen molar-refractivity contribution < 1.29 is 9.84 Å². The molecule has 2 aliphatic rings. The van der Waals surface area contributed by atoms with Crippen LogP contribution in [-0.4, -0.2) is 48.1 Å². The quantitative estimate of drug-likeness (QED) is 0.364. The summed E-state index contributed by atoms with van der Waals surface area (Å²) in [7, 11) is 0. The number of piperidine rings is 1. The molecule has 186 valence electrons. The standard InChI is InChI=1S/C24H25ClN8O2S/c1-13-19(36-17-3-7-29-21(27)18(17)25)22-30-10-14(12-34)33(22)23(31-13)32-8-4-24(5-9-32)20(26)15-2-6-28-11-16(15)35-24/h2-3,6-7,10-11,20,34H,4-5,8-9,12,26H2,1H3,(H2,27,29). The molecule has 2 aliphatic heterocycles. The number of rotatable bonds is 4. The zero-order valence-electron chi connectivity index (χ0n) is 19.6. The number of ether oxygens (including phenoxy) is 1. The van der Waals surface area contributed by atoms with E-state index in [4.69, 9.17) is 32.8 Å². The maximum atomic E-state index is 10.1. The first kappa shape index (κ1) is 23.3. The minimum atomic E-state index is -0.460. The molecule has 0 saturated carbocycles. The second-order valence-corrected chi connectivity index (χ2v) is 10.5. The van der Waals surface area contributed by atoms with Gasteiger partial charge in [-0.3, -0.25) is 9.38 Å². The van der Waals surface area contributed by atoms with Crippen LogP contribution in [0.5, 0.6) is 5.75 Å². The molecule has 0 aromatic carbocycles. The van der Waals surface area contributed by atoms with E-state index < -0.39 is 5.60 Å². The Morgan fingerprint density at radius 2 is 2.03 bits per heavy atom. The van der Waals surface area contributed by atoms with Gasteiger partial charge in [0, 0.05) is 48.8 Å². The molecule has 10 nitrogen and oxygen atoms in total. The van der Waals surface area contributed by atoms with Crippen LogP contribution in [0.4, 0.5) is 11.8 Å². The summed E-state index contributed by atoms with van der Waals surface area (Å²) in [5, 5.41) is 10.5. The Morgan fingerprint density at radius 1 is 1.22 bits per heavy atom. The van der Waals surface area contributed by atoms with Crippen molar-refractivity contribution in [3.05, 3.63) is 58.9 Å². The lowest BCUT2D eigenvalue weighted by atomic mass is 9.83. The number of hydrogen-bond donors (Lipinski definition) is 3. The lowest BCUT2D eigenvalue weighted by Gasteiger charge is -2.41. The van der Waals surface area contributed by atoms with Gasteiger partial charge in [0.15, 0.2) is 5.65 Å². The molecular weight excluding hydrogens is 500 g/mol. The fourth-order valence-corrected chi connectivity index (χ4v) is 6.25. The van der Waals surface area contributed by atoms with Crippen molar-refractivity contribution in [1.29, 1.82) is 0 Å². The van der Waals surface area contributed by atoms with Gasteiger partial charge in [-0.25, -0.2) is 15.0 Å². The van der Waals surface area contributed by atoms with E-state index in [1.54, 1.807) is 24.8 Å². The van der Waals surface area contributed by atoms with Crippen LogP contribution in [0.2, 0.25) is 5.02 Å². The van der Waals surface area contributed by atoms with Crippen LogP contribution < -0.4 is 21.1 Å². The molecule has 4 aromatic rings. The van der Waals surface area contributed by atoms with Crippen LogP contribution in [0.3, 0.4) is 0 Å². The summed E-state index contributed by atoms with van der Waals surface area (Å²) in [5.41, 5.74) is 15.2. The number of nitrogens with zero attached hydrogens (tertiary/aromatic N) is 6. The van der Waals surface area contributed by atoms with E-state index in [1.807, 2.05) is 23.5 Å². The highest BCUT2D eigenvalue weighted by Gasteiger charge is 2.48. The lowest BCUT2D eigenvalue weighted by Crippen LogP contribution is -2.52. The summed E-state index contributed by atoms with van der Waals surface area (Å²) in [4.78, 5) is 21.6. The van der Waals surface area contributed by atoms with Crippen molar-refractivity contribution in [2.45, 2.75) is 47.8 Å². The van der Waals surface area contributed by atoms with Gasteiger partial charge in [0.25, 0.3) is 0 Å². The van der Waals surface area contributed by atoms with Gasteiger partial charge in [-0.05, 0) is 19.1 Å². The van der Waals surface area contributed by atoms with E-state index in [-0.39, 0.29) is 18.5 Å². The Bertz CT molecular complexity index is 1470. The molecule has 1 atom stereocenters. The molecule has 0 bridgehead atoms. The maximum Gasteiger partial charge on any atom is 0.211 e. The Balaban J connectivity index is 1.34. The minimum Gasteiger partial charge on any atom is -0.483 e. The van der Waals surface area contributed by atoms with E-state index >= 15 is 0 Å². The Kier molecular flexibility index (Phi) is 5.67. The molecule has 36 heavy (non-hydrogen) atoms. The Labute approximate surface area is 216 Å². The van der Waals surface area contributed by atoms with E-state index in [0.717, 1.165) is 45.6 Å². The Morgan fingerprint density at radius 3 is 2.78 bits per heavy atom. The smallest absolute Gasteiger partial charge is 0.211 e. The number of nitrogens with two attached hydrogens (primary N) is 2. The number of anilines is 2. The predicted octanol–water partition coefficient (Wildman–Crippen LogP) is 3.14. The number of hydrogen-bond acceptors (Lipinski definition) is 10. The fourth-order valence-electron chi connectivity index (χ4n) is 5.05. The molecule has 1 fully saturated rings. The molecule has 4 aromatic heterocycles. The maximum absolute atomic E-state index is 10.1. The second kappa shape index (κ2) is 8.77. The molecular formula is C24H25ClN8O2S. The third kappa shape index (κ3) is 3.57. The number of imidazole rings is 1. The van der Waals surface area contributed by atoms with Crippen molar-refractivity contribution in [3.8, 4) is 5.75 Å². The number of halogens is 1. The summed E-state index contributed by atoms with van der Waals surface area (Å²) in [6.07, 6.45) is 8.26. The normalized spacial score (nSPS) is 18.6. The number of fused-ring (bicyclic) bond motifs is 2. The van der Waals surface area contributed by atoms with E-state index in [2.05, 4.69) is 19.9 Å². The van der Waals surface area contributed by atoms with Gasteiger partial charge < -0.3 is 26.2 Å². The largest absolute Gasteiger partial charge is 0.483 e. The number of aromatic nitrogens is 5. The van der Waals surface area contributed by atoms with Crippen LogP contribution in [0.15, 0.2) is 46.7 Å². The molecule has 1 spiro atoms. The van der Waals surface area contributed by atoms with E-state index in [9.17, 15) is 5.11 Å². The highest BCUT2D eigenvalue weighted by molar-refractivity contribution is 7.99. The van der Waals surface area contributed by atoms with Crippen LogP contribution in [0.1, 0.15) is 35.8 Å². The zero-order chi connectivity index (χ0) is 25.0. The lowest BCUT2D eigenvalue weighted by molar-refractivity contribution is 0.0427. The minimum absolute atomic E-state index is 0.167. The first-order valence-corrected chi connectivity index (χ1v) is 12.8. The van der Waals surface area contributed by atoms with Gasteiger partial charge in [-0.2, -0.15) is 0 Å². The van der Waals surface area contributed by atoms with E-state index in [1.165, 1.54) is 11.8 Å². The average Bonchev–Trinajstić information content (AvgIpc) is 3.43. The van der Waals surface area contributed by atoms with Gasteiger partial charge in [0.05, 0.1) is 46.3 Å². The average molecular weight is 525 g/mol. The summed E-state index contributed by atoms with van der Waals surface area (Å²) in [5.74, 6) is 1.77. The van der Waals surface area contributed by atoms with Crippen molar-refractivity contribution in [2.24, 2.45) is 5.73 Å². The molecule has 0 radical (unpaired) electrons. The Hall–Kier alpha value is -3.12. The number of aliphatic hydroxyl groups is 1. The summed E-state index contributed by atoms with van der Waals surface area (Å²) in [6, 6.07) is 3.55. The van der Waals surface area contributed by atoms with Crippen LogP contribution in [0.25, 0.3) is 5.65 Å². The molecule has 6 heterocycles. The number of aryl methyl sites for hydroxylation is 1. The number of nitrogen functional groups attached to an aromatic ring is 1. The van der Waals surface area contributed by atoms with Gasteiger partial charge >= 0.3 is 0 Å². The van der Waals surface area contributed by atoms with Crippen molar-refractivity contribution in [1.82, 2.24) is 24.3 Å².